The molecule has 7 heteroatoms. The topological polar surface area (TPSA) is 92.5 Å². The molecule has 2 aromatic carbocycles. The summed E-state index contributed by atoms with van der Waals surface area (Å²) in [6.07, 6.45) is 0.608. The summed E-state index contributed by atoms with van der Waals surface area (Å²) >= 11 is 0. The van der Waals surface area contributed by atoms with Crippen LogP contribution in [-0.4, -0.2) is 26.6 Å². The number of carbonyl (C=O) groups excluding carboxylic acids is 1. The van der Waals surface area contributed by atoms with Crippen molar-refractivity contribution in [3.05, 3.63) is 59.7 Å². The molecule has 6 nitrogen and oxygen atoms in total. The van der Waals surface area contributed by atoms with Gasteiger partial charge < -0.3 is 11.1 Å². The Morgan fingerprint density at radius 1 is 1.20 bits per heavy atom. The third-order valence-electron chi connectivity index (χ3n) is 4.29. The number of carbonyl (C=O) groups is 1. The number of hydrogen-bond acceptors (Lipinski definition) is 4. The van der Waals surface area contributed by atoms with Crippen molar-refractivity contribution in [2.75, 3.05) is 21.9 Å². The number of nitrogens with two attached hydrogens (primary N) is 1. The number of benzene rings is 2. The summed E-state index contributed by atoms with van der Waals surface area (Å²) in [4.78, 5) is 12.4. The number of hydrogen-bond donors (Lipinski definition) is 2. The fourth-order valence-electron chi connectivity index (χ4n) is 2.90. The Labute approximate surface area is 147 Å². The largest absolute Gasteiger partial charge is 0.324 e. The van der Waals surface area contributed by atoms with Crippen LogP contribution in [0.5, 0.6) is 0 Å². The van der Waals surface area contributed by atoms with Crippen molar-refractivity contribution in [3.63, 3.8) is 0 Å². The molecule has 3 N–H and O–H groups in total. The van der Waals surface area contributed by atoms with Crippen LogP contribution >= 0.6 is 0 Å². The van der Waals surface area contributed by atoms with Crippen molar-refractivity contribution in [2.45, 2.75) is 19.4 Å². The summed E-state index contributed by atoms with van der Waals surface area (Å²) in [7, 11) is -3.27. The maximum absolute atomic E-state index is 12.4. The predicted molar refractivity (Wildman–Crippen MR) is 98.9 cm³/mol. The highest BCUT2D eigenvalue weighted by atomic mass is 32.2. The molecule has 3 rings (SSSR count). The smallest absolute Gasteiger partial charge is 0.245 e. The molecule has 1 fully saturated rings. The standard InChI is InChI=1S/C18H21N3O3S/c1-13-8-9-15(12-16(13)21-10-5-11-25(21,23)24)20-18(22)17(19)14-6-3-2-4-7-14/h2-4,6-9,12,17H,5,10-11,19H2,1H3,(H,20,22). The van der Waals surface area contributed by atoms with Crippen LogP contribution in [-0.2, 0) is 14.8 Å². The Hall–Kier alpha value is -2.38. The number of amides is 1. The molecule has 1 saturated heterocycles. The van der Waals surface area contributed by atoms with Crippen molar-refractivity contribution >= 4 is 27.3 Å². The first-order chi connectivity index (χ1) is 11.9. The van der Waals surface area contributed by atoms with Gasteiger partial charge in [-0.1, -0.05) is 36.4 Å². The highest BCUT2D eigenvalue weighted by Gasteiger charge is 2.29. The van der Waals surface area contributed by atoms with Crippen LogP contribution in [0.1, 0.15) is 23.6 Å². The highest BCUT2D eigenvalue weighted by Crippen LogP contribution is 2.30. The molecule has 0 saturated carbocycles. The van der Waals surface area contributed by atoms with Gasteiger partial charge in [-0.3, -0.25) is 9.10 Å². The van der Waals surface area contributed by atoms with Crippen LogP contribution in [0, 0.1) is 6.92 Å². The quantitative estimate of drug-likeness (QED) is 0.875. The van der Waals surface area contributed by atoms with Crippen molar-refractivity contribution < 1.29 is 13.2 Å². The second-order valence-corrected chi connectivity index (χ2v) is 8.13. The van der Waals surface area contributed by atoms with E-state index in [9.17, 15) is 13.2 Å². The van der Waals surface area contributed by atoms with Crippen LogP contribution < -0.4 is 15.4 Å². The number of aryl methyl sites for hydroxylation is 1. The molecule has 1 aliphatic rings. The van der Waals surface area contributed by atoms with Gasteiger partial charge in [-0.05, 0) is 36.6 Å². The third kappa shape index (κ3) is 3.67. The Morgan fingerprint density at radius 3 is 2.56 bits per heavy atom. The van der Waals surface area contributed by atoms with Gasteiger partial charge in [0.05, 0.1) is 11.4 Å². The van der Waals surface area contributed by atoms with E-state index in [0.717, 1.165) is 11.1 Å². The second kappa shape index (κ2) is 6.85. The van der Waals surface area contributed by atoms with E-state index < -0.39 is 16.1 Å². The van der Waals surface area contributed by atoms with Crippen LogP contribution in [0.25, 0.3) is 0 Å². The molecule has 2 aromatic rings. The van der Waals surface area contributed by atoms with Crippen LogP contribution in [0.15, 0.2) is 48.5 Å². The summed E-state index contributed by atoms with van der Waals surface area (Å²) in [6, 6.07) is 13.5. The van der Waals surface area contributed by atoms with E-state index in [2.05, 4.69) is 5.32 Å². The summed E-state index contributed by atoms with van der Waals surface area (Å²) in [5, 5.41) is 2.77. The molecular weight excluding hydrogens is 338 g/mol. The zero-order chi connectivity index (χ0) is 18.0. The molecular formula is C18H21N3O3S. The lowest BCUT2D eigenvalue weighted by atomic mass is 10.1. The number of sulfonamides is 1. The molecule has 25 heavy (non-hydrogen) atoms. The van der Waals surface area contributed by atoms with E-state index >= 15 is 0 Å². The normalized spacial score (nSPS) is 17.3. The number of nitrogens with one attached hydrogen (secondary N) is 1. The fraction of sp³-hybridized carbons (Fsp3) is 0.278. The van der Waals surface area contributed by atoms with E-state index in [1.807, 2.05) is 25.1 Å². The van der Waals surface area contributed by atoms with E-state index in [-0.39, 0.29) is 11.7 Å². The molecule has 1 aliphatic heterocycles. The molecule has 0 bridgehead atoms. The molecule has 0 aliphatic carbocycles. The maximum atomic E-state index is 12.4. The van der Waals surface area contributed by atoms with Crippen molar-refractivity contribution in [3.8, 4) is 0 Å². The van der Waals surface area contributed by atoms with Crippen molar-refractivity contribution in [1.29, 1.82) is 0 Å². The minimum Gasteiger partial charge on any atom is -0.324 e. The van der Waals surface area contributed by atoms with E-state index in [4.69, 9.17) is 5.73 Å². The van der Waals surface area contributed by atoms with E-state index in [1.54, 1.807) is 30.3 Å². The number of nitrogens with zero attached hydrogens (tertiary/aromatic N) is 1. The number of rotatable bonds is 4. The van der Waals surface area contributed by atoms with Crippen molar-refractivity contribution in [1.82, 2.24) is 0 Å². The Balaban J connectivity index is 1.82. The van der Waals surface area contributed by atoms with Gasteiger partial charge in [-0.25, -0.2) is 8.42 Å². The lowest BCUT2D eigenvalue weighted by molar-refractivity contribution is -0.117. The van der Waals surface area contributed by atoms with Gasteiger partial charge in [0.2, 0.25) is 15.9 Å². The average molecular weight is 359 g/mol. The SMILES string of the molecule is Cc1ccc(NC(=O)C(N)c2ccccc2)cc1N1CCCS1(=O)=O. The van der Waals surface area contributed by atoms with Crippen LogP contribution in [0.4, 0.5) is 11.4 Å². The fourth-order valence-corrected chi connectivity index (χ4v) is 4.52. The van der Waals surface area contributed by atoms with Gasteiger partial charge in [-0.15, -0.1) is 0 Å². The molecule has 132 valence electrons. The molecule has 0 aromatic heterocycles. The molecule has 1 amide bonds. The Bertz CT molecular complexity index is 882. The molecule has 1 atom stereocenters. The Morgan fingerprint density at radius 2 is 1.92 bits per heavy atom. The van der Waals surface area contributed by atoms with Gasteiger partial charge >= 0.3 is 0 Å². The lowest BCUT2D eigenvalue weighted by Gasteiger charge is -2.21. The van der Waals surface area contributed by atoms with Crippen LogP contribution in [0.3, 0.4) is 0 Å². The monoisotopic (exact) mass is 359 g/mol. The minimum atomic E-state index is -3.27. The predicted octanol–water partition coefficient (Wildman–Crippen LogP) is 2.17. The minimum absolute atomic E-state index is 0.155. The second-order valence-electron chi connectivity index (χ2n) is 6.12. The maximum Gasteiger partial charge on any atom is 0.245 e. The molecule has 1 unspecified atom stereocenters. The summed E-state index contributed by atoms with van der Waals surface area (Å²) in [6.45, 7) is 2.31. The zero-order valence-corrected chi connectivity index (χ0v) is 14.8. The number of anilines is 2. The first-order valence-corrected chi connectivity index (χ1v) is 9.72. The zero-order valence-electron chi connectivity index (χ0n) is 14.0. The summed E-state index contributed by atoms with van der Waals surface area (Å²) in [5.41, 5.74) is 8.69. The van der Waals surface area contributed by atoms with Gasteiger partial charge in [0.15, 0.2) is 0 Å². The lowest BCUT2D eigenvalue weighted by Crippen LogP contribution is -2.28. The summed E-state index contributed by atoms with van der Waals surface area (Å²) in [5.74, 6) is -0.188. The Kier molecular flexibility index (Phi) is 4.78. The third-order valence-corrected chi connectivity index (χ3v) is 6.14. The van der Waals surface area contributed by atoms with Gasteiger partial charge in [-0.2, -0.15) is 0 Å². The van der Waals surface area contributed by atoms with Crippen LogP contribution in [0.2, 0.25) is 0 Å². The van der Waals surface area contributed by atoms with Gasteiger partial charge in [0, 0.05) is 12.2 Å². The molecule has 0 radical (unpaired) electrons. The van der Waals surface area contributed by atoms with Crippen molar-refractivity contribution in [2.24, 2.45) is 5.73 Å². The van der Waals surface area contributed by atoms with E-state index in [1.165, 1.54) is 4.31 Å². The first-order valence-electron chi connectivity index (χ1n) is 8.11. The average Bonchev–Trinajstić information content (AvgIpc) is 2.95. The van der Waals surface area contributed by atoms with Gasteiger partial charge in [0.25, 0.3) is 0 Å². The van der Waals surface area contributed by atoms with Gasteiger partial charge in [0.1, 0.15) is 6.04 Å². The summed E-state index contributed by atoms with van der Waals surface area (Å²) < 4.78 is 25.7. The van der Waals surface area contributed by atoms with E-state index in [0.29, 0.717) is 24.3 Å². The molecule has 1 heterocycles. The first kappa shape index (κ1) is 17.4. The highest BCUT2D eigenvalue weighted by molar-refractivity contribution is 7.93. The molecule has 0 spiro atoms.